The Bertz CT molecular complexity index is 439. The van der Waals surface area contributed by atoms with E-state index in [0.29, 0.717) is 11.5 Å². The molecule has 0 radical (unpaired) electrons. The second-order valence-electron chi connectivity index (χ2n) is 5.15. The summed E-state index contributed by atoms with van der Waals surface area (Å²) in [7, 11) is 1.60. The van der Waals surface area contributed by atoms with Gasteiger partial charge in [-0.25, -0.2) is 0 Å². The minimum atomic E-state index is -0.482. The van der Waals surface area contributed by atoms with Gasteiger partial charge in [-0.1, -0.05) is 25.0 Å². The van der Waals surface area contributed by atoms with Gasteiger partial charge in [-0.3, -0.25) is 4.79 Å². The van der Waals surface area contributed by atoms with Crippen LogP contribution in [0.3, 0.4) is 0 Å². The van der Waals surface area contributed by atoms with Gasteiger partial charge < -0.3 is 14.4 Å². The van der Waals surface area contributed by atoms with Crippen LogP contribution in [0.1, 0.15) is 32.6 Å². The molecule has 1 unspecified atom stereocenters. The van der Waals surface area contributed by atoms with Crippen LogP contribution >= 0.6 is 0 Å². The van der Waals surface area contributed by atoms with E-state index in [4.69, 9.17) is 9.47 Å². The van der Waals surface area contributed by atoms with Crippen molar-refractivity contribution in [2.45, 2.75) is 38.7 Å². The molecule has 1 atom stereocenters. The number of ether oxygens (including phenoxy) is 2. The molecule has 1 aromatic carbocycles. The lowest BCUT2D eigenvalue weighted by molar-refractivity contribution is -0.137. The Labute approximate surface area is 120 Å². The van der Waals surface area contributed by atoms with Gasteiger partial charge in [0.15, 0.2) is 17.6 Å². The van der Waals surface area contributed by atoms with Crippen LogP contribution in [0, 0.1) is 0 Å². The number of para-hydroxylation sites is 2. The van der Waals surface area contributed by atoms with Crippen molar-refractivity contribution in [2.24, 2.45) is 0 Å². The van der Waals surface area contributed by atoms with Crippen LogP contribution in [0.5, 0.6) is 11.5 Å². The van der Waals surface area contributed by atoms with Gasteiger partial charge in [-0.15, -0.1) is 0 Å². The molecule has 1 amide bonds. The zero-order valence-electron chi connectivity index (χ0n) is 12.3. The topological polar surface area (TPSA) is 38.8 Å². The van der Waals surface area contributed by atoms with E-state index in [1.54, 1.807) is 14.0 Å². The zero-order valence-corrected chi connectivity index (χ0v) is 12.3. The van der Waals surface area contributed by atoms with E-state index in [1.807, 2.05) is 29.2 Å². The summed E-state index contributed by atoms with van der Waals surface area (Å²) in [5.41, 5.74) is 0. The predicted octanol–water partition coefficient (Wildman–Crippen LogP) is 2.87. The average molecular weight is 277 g/mol. The van der Waals surface area contributed by atoms with Crippen LogP contribution in [0.15, 0.2) is 24.3 Å². The first-order valence-electron chi connectivity index (χ1n) is 7.31. The van der Waals surface area contributed by atoms with Gasteiger partial charge in [0.1, 0.15) is 0 Å². The summed E-state index contributed by atoms with van der Waals surface area (Å²) in [5, 5.41) is 0. The van der Waals surface area contributed by atoms with Crippen molar-refractivity contribution in [3.05, 3.63) is 24.3 Å². The molecule has 20 heavy (non-hydrogen) atoms. The summed E-state index contributed by atoms with van der Waals surface area (Å²) in [6.07, 6.45) is 4.13. The molecule has 2 rings (SSSR count). The highest BCUT2D eigenvalue weighted by Gasteiger charge is 2.23. The Morgan fingerprint density at radius 3 is 2.30 bits per heavy atom. The molecular weight excluding hydrogens is 254 g/mol. The van der Waals surface area contributed by atoms with Crippen molar-refractivity contribution < 1.29 is 14.3 Å². The minimum Gasteiger partial charge on any atom is -0.493 e. The van der Waals surface area contributed by atoms with Gasteiger partial charge in [0.25, 0.3) is 5.91 Å². The van der Waals surface area contributed by atoms with Crippen molar-refractivity contribution >= 4 is 5.91 Å². The first kappa shape index (κ1) is 14.7. The lowest BCUT2D eigenvalue weighted by Gasteiger charge is -2.25. The number of methoxy groups -OCH3 is 1. The molecule has 1 aromatic rings. The molecule has 0 N–H and O–H groups in total. The Morgan fingerprint density at radius 2 is 1.70 bits per heavy atom. The quantitative estimate of drug-likeness (QED) is 0.849. The summed E-state index contributed by atoms with van der Waals surface area (Å²) in [5.74, 6) is 1.34. The van der Waals surface area contributed by atoms with Crippen molar-refractivity contribution in [1.82, 2.24) is 4.90 Å². The molecule has 1 aliphatic rings. The predicted molar refractivity (Wildman–Crippen MR) is 78.1 cm³/mol. The second kappa shape index (κ2) is 7.17. The maximum absolute atomic E-state index is 12.4. The highest BCUT2D eigenvalue weighted by atomic mass is 16.5. The van der Waals surface area contributed by atoms with Crippen LogP contribution in [0.4, 0.5) is 0 Å². The molecule has 0 spiro atoms. The Morgan fingerprint density at radius 1 is 1.10 bits per heavy atom. The van der Waals surface area contributed by atoms with Crippen LogP contribution in [-0.2, 0) is 4.79 Å². The molecule has 1 fully saturated rings. The van der Waals surface area contributed by atoms with E-state index >= 15 is 0 Å². The maximum Gasteiger partial charge on any atom is 0.263 e. The number of carbonyl (C=O) groups excluding carboxylic acids is 1. The van der Waals surface area contributed by atoms with E-state index in [9.17, 15) is 4.79 Å². The summed E-state index contributed by atoms with van der Waals surface area (Å²) < 4.78 is 11.0. The largest absolute Gasteiger partial charge is 0.493 e. The molecule has 4 heteroatoms. The molecule has 4 nitrogen and oxygen atoms in total. The number of benzene rings is 1. The first-order valence-corrected chi connectivity index (χ1v) is 7.31. The number of hydrogen-bond donors (Lipinski definition) is 0. The van der Waals surface area contributed by atoms with E-state index in [1.165, 1.54) is 12.8 Å². The summed E-state index contributed by atoms with van der Waals surface area (Å²) >= 11 is 0. The highest BCUT2D eigenvalue weighted by molar-refractivity contribution is 5.81. The van der Waals surface area contributed by atoms with E-state index < -0.39 is 6.10 Å². The van der Waals surface area contributed by atoms with Crippen molar-refractivity contribution in [2.75, 3.05) is 20.2 Å². The fourth-order valence-corrected chi connectivity index (χ4v) is 2.51. The van der Waals surface area contributed by atoms with Crippen LogP contribution < -0.4 is 9.47 Å². The summed E-state index contributed by atoms with van der Waals surface area (Å²) in [6, 6.07) is 7.41. The normalized spacial score (nSPS) is 17.2. The number of likely N-dealkylation sites (tertiary alicyclic amines) is 1. The molecule has 1 heterocycles. The number of rotatable bonds is 4. The molecule has 0 aliphatic carbocycles. The lowest BCUT2D eigenvalue weighted by Crippen LogP contribution is -2.41. The fourth-order valence-electron chi connectivity index (χ4n) is 2.51. The second-order valence-corrected chi connectivity index (χ2v) is 5.15. The first-order chi connectivity index (χ1) is 9.72. The maximum atomic E-state index is 12.4. The van der Waals surface area contributed by atoms with Crippen LogP contribution in [0.2, 0.25) is 0 Å². The van der Waals surface area contributed by atoms with Gasteiger partial charge in [-0.2, -0.15) is 0 Å². The Balaban J connectivity index is 1.99. The van der Waals surface area contributed by atoms with E-state index in [-0.39, 0.29) is 5.91 Å². The number of amides is 1. The molecule has 0 bridgehead atoms. The van der Waals surface area contributed by atoms with Gasteiger partial charge >= 0.3 is 0 Å². The molecular formula is C16H23NO3. The molecule has 0 saturated carbocycles. The van der Waals surface area contributed by atoms with Crippen LogP contribution in [-0.4, -0.2) is 37.1 Å². The smallest absolute Gasteiger partial charge is 0.263 e. The molecule has 1 aliphatic heterocycles. The van der Waals surface area contributed by atoms with Gasteiger partial charge in [0.2, 0.25) is 0 Å². The van der Waals surface area contributed by atoms with E-state index in [0.717, 1.165) is 25.9 Å². The standard InChI is InChI=1S/C16H23NO3/c1-13(16(18)17-11-7-3-4-8-12-17)20-15-10-6-5-9-14(15)19-2/h5-6,9-10,13H,3-4,7-8,11-12H2,1-2H3. The summed E-state index contributed by atoms with van der Waals surface area (Å²) in [6.45, 7) is 3.50. The van der Waals surface area contributed by atoms with Crippen molar-refractivity contribution in [3.63, 3.8) is 0 Å². The molecule has 110 valence electrons. The van der Waals surface area contributed by atoms with Crippen molar-refractivity contribution in [1.29, 1.82) is 0 Å². The third kappa shape index (κ3) is 3.65. The molecule has 0 aromatic heterocycles. The van der Waals surface area contributed by atoms with Gasteiger partial charge in [0, 0.05) is 13.1 Å². The Hall–Kier alpha value is -1.71. The molecule has 1 saturated heterocycles. The van der Waals surface area contributed by atoms with Gasteiger partial charge in [-0.05, 0) is 31.9 Å². The minimum absolute atomic E-state index is 0.0674. The number of hydrogen-bond acceptors (Lipinski definition) is 3. The number of nitrogens with zero attached hydrogens (tertiary/aromatic N) is 1. The lowest BCUT2D eigenvalue weighted by atomic mass is 10.2. The third-order valence-corrected chi connectivity index (χ3v) is 3.64. The SMILES string of the molecule is COc1ccccc1OC(C)C(=O)N1CCCCCC1. The number of carbonyl (C=O) groups is 1. The average Bonchev–Trinajstić information content (AvgIpc) is 2.76. The third-order valence-electron chi connectivity index (χ3n) is 3.64. The van der Waals surface area contributed by atoms with Gasteiger partial charge in [0.05, 0.1) is 7.11 Å². The zero-order chi connectivity index (χ0) is 14.4. The monoisotopic (exact) mass is 277 g/mol. The Kier molecular flexibility index (Phi) is 5.27. The fraction of sp³-hybridized carbons (Fsp3) is 0.562. The highest BCUT2D eigenvalue weighted by Crippen LogP contribution is 2.27. The van der Waals surface area contributed by atoms with Crippen LogP contribution in [0.25, 0.3) is 0 Å². The van der Waals surface area contributed by atoms with Crippen molar-refractivity contribution in [3.8, 4) is 11.5 Å². The summed E-state index contributed by atoms with van der Waals surface area (Å²) in [4.78, 5) is 14.3. The van der Waals surface area contributed by atoms with E-state index in [2.05, 4.69) is 0 Å².